The molecule has 0 radical (unpaired) electrons. The molecule has 5 nitrogen and oxygen atoms in total. The average Bonchev–Trinajstić information content (AvgIpc) is 3.40. The van der Waals surface area contributed by atoms with Gasteiger partial charge in [-0.2, -0.15) is 0 Å². The Bertz CT molecular complexity index is 844. The molecule has 2 amide bonds. The molecule has 0 atom stereocenters. The molecule has 0 spiro atoms. The number of hydrogen-bond donors (Lipinski definition) is 1. The Balaban J connectivity index is 1.33. The maximum atomic E-state index is 12.7. The van der Waals surface area contributed by atoms with E-state index >= 15 is 0 Å². The molecule has 1 aromatic carbocycles. The molecule has 0 bridgehead atoms. The fraction of sp³-hybridized carbons (Fsp3) is 0.435. The van der Waals surface area contributed by atoms with E-state index in [1.807, 2.05) is 17.0 Å². The lowest BCUT2D eigenvalue weighted by Crippen LogP contribution is -2.28. The summed E-state index contributed by atoms with van der Waals surface area (Å²) in [5.41, 5.74) is 3.88. The Labute approximate surface area is 166 Å². The third-order valence-electron chi connectivity index (χ3n) is 5.96. The van der Waals surface area contributed by atoms with Crippen LogP contribution >= 0.6 is 0 Å². The smallest absolute Gasteiger partial charge is 0.258 e. The second kappa shape index (κ2) is 8.55. The van der Waals surface area contributed by atoms with E-state index in [1.165, 1.54) is 31.2 Å². The number of nitrogens with zero attached hydrogens (tertiary/aromatic N) is 2. The van der Waals surface area contributed by atoms with Crippen LogP contribution in [0.15, 0.2) is 42.7 Å². The van der Waals surface area contributed by atoms with Gasteiger partial charge in [0.2, 0.25) is 5.91 Å². The fourth-order valence-corrected chi connectivity index (χ4v) is 4.35. The van der Waals surface area contributed by atoms with Crippen LogP contribution < -0.4 is 10.2 Å². The largest absolute Gasteiger partial charge is 0.352 e. The lowest BCUT2D eigenvalue weighted by atomic mass is 10.0. The molecule has 5 heteroatoms. The van der Waals surface area contributed by atoms with E-state index in [1.54, 1.807) is 24.5 Å². The SMILES string of the molecule is O=C(CCC1CCCC1)NCc1ccc2c(c1)CCN2C(=O)c1ccncc1. The maximum absolute atomic E-state index is 12.7. The second-order valence-corrected chi connectivity index (χ2v) is 7.87. The van der Waals surface area contributed by atoms with Crippen LogP contribution in [0, 0.1) is 5.92 Å². The van der Waals surface area contributed by atoms with Crippen molar-refractivity contribution in [3.8, 4) is 0 Å². The van der Waals surface area contributed by atoms with Gasteiger partial charge in [-0.25, -0.2) is 0 Å². The molecule has 146 valence electrons. The van der Waals surface area contributed by atoms with Crippen LogP contribution in [0.25, 0.3) is 0 Å². The van der Waals surface area contributed by atoms with Gasteiger partial charge in [0.25, 0.3) is 5.91 Å². The third-order valence-corrected chi connectivity index (χ3v) is 5.96. The number of benzene rings is 1. The summed E-state index contributed by atoms with van der Waals surface area (Å²) in [4.78, 5) is 30.7. The predicted molar refractivity (Wildman–Crippen MR) is 109 cm³/mol. The monoisotopic (exact) mass is 377 g/mol. The van der Waals surface area contributed by atoms with Gasteiger partial charge in [-0.05, 0) is 48.1 Å². The lowest BCUT2D eigenvalue weighted by Gasteiger charge is -2.17. The van der Waals surface area contributed by atoms with Gasteiger partial charge in [0.15, 0.2) is 0 Å². The first-order chi connectivity index (χ1) is 13.7. The van der Waals surface area contributed by atoms with Crippen LogP contribution in [0.4, 0.5) is 5.69 Å². The highest BCUT2D eigenvalue weighted by molar-refractivity contribution is 6.07. The van der Waals surface area contributed by atoms with Gasteiger partial charge in [0, 0.05) is 43.2 Å². The zero-order chi connectivity index (χ0) is 19.3. The molecule has 1 fully saturated rings. The summed E-state index contributed by atoms with van der Waals surface area (Å²) >= 11 is 0. The molecule has 1 saturated carbocycles. The van der Waals surface area contributed by atoms with Crippen LogP contribution in [-0.4, -0.2) is 23.3 Å². The van der Waals surface area contributed by atoms with Crippen LogP contribution in [0.2, 0.25) is 0 Å². The minimum absolute atomic E-state index is 0.00844. The molecule has 0 unspecified atom stereocenters. The molecule has 1 aliphatic carbocycles. The molecule has 4 rings (SSSR count). The van der Waals surface area contributed by atoms with Crippen molar-refractivity contribution in [2.75, 3.05) is 11.4 Å². The average molecular weight is 377 g/mol. The summed E-state index contributed by atoms with van der Waals surface area (Å²) in [5, 5.41) is 3.05. The number of aromatic nitrogens is 1. The standard InChI is InChI=1S/C23H27N3O2/c27-22(8-6-17-3-1-2-4-17)25-16-18-5-7-21-20(15-18)11-14-26(21)23(28)19-9-12-24-13-10-19/h5,7,9-10,12-13,15,17H,1-4,6,8,11,14,16H2,(H,25,27). The fourth-order valence-electron chi connectivity index (χ4n) is 4.35. The number of hydrogen-bond acceptors (Lipinski definition) is 3. The van der Waals surface area contributed by atoms with Gasteiger partial charge < -0.3 is 10.2 Å². The number of anilines is 1. The quantitative estimate of drug-likeness (QED) is 0.831. The normalized spacial score (nSPS) is 16.2. The Morgan fingerprint density at radius 2 is 1.89 bits per heavy atom. The first-order valence-corrected chi connectivity index (χ1v) is 10.3. The minimum Gasteiger partial charge on any atom is -0.352 e. The maximum Gasteiger partial charge on any atom is 0.258 e. The van der Waals surface area contributed by atoms with Gasteiger partial charge in [-0.3, -0.25) is 14.6 Å². The summed E-state index contributed by atoms with van der Waals surface area (Å²) in [5.74, 6) is 0.894. The summed E-state index contributed by atoms with van der Waals surface area (Å²) in [6, 6.07) is 9.62. The number of fused-ring (bicyclic) bond motifs is 1. The first-order valence-electron chi connectivity index (χ1n) is 10.3. The van der Waals surface area contributed by atoms with E-state index in [4.69, 9.17) is 0 Å². The molecule has 0 saturated heterocycles. The van der Waals surface area contributed by atoms with Crippen molar-refractivity contribution in [1.29, 1.82) is 0 Å². The Kier molecular flexibility index (Phi) is 5.70. The topological polar surface area (TPSA) is 62.3 Å². The molecule has 2 heterocycles. The third kappa shape index (κ3) is 4.24. The highest BCUT2D eigenvalue weighted by atomic mass is 16.2. The molecule has 2 aromatic rings. The van der Waals surface area contributed by atoms with Crippen LogP contribution in [0.1, 0.15) is 60.0 Å². The van der Waals surface area contributed by atoms with Gasteiger partial charge in [0.05, 0.1) is 0 Å². The Morgan fingerprint density at radius 1 is 1.11 bits per heavy atom. The van der Waals surface area contributed by atoms with E-state index in [0.717, 1.165) is 30.0 Å². The highest BCUT2D eigenvalue weighted by Gasteiger charge is 2.25. The molecule has 1 aliphatic heterocycles. The molecule has 2 aliphatic rings. The molecular formula is C23H27N3O2. The number of carbonyl (C=O) groups is 2. The summed E-state index contributed by atoms with van der Waals surface area (Å²) < 4.78 is 0. The van der Waals surface area contributed by atoms with E-state index < -0.39 is 0 Å². The number of carbonyl (C=O) groups excluding carboxylic acids is 2. The second-order valence-electron chi connectivity index (χ2n) is 7.87. The lowest BCUT2D eigenvalue weighted by molar-refractivity contribution is -0.121. The van der Waals surface area contributed by atoms with Crippen molar-refractivity contribution in [3.63, 3.8) is 0 Å². The number of amides is 2. The molecular weight excluding hydrogens is 350 g/mol. The summed E-state index contributed by atoms with van der Waals surface area (Å²) in [7, 11) is 0. The van der Waals surface area contributed by atoms with Crippen molar-refractivity contribution < 1.29 is 9.59 Å². The molecule has 28 heavy (non-hydrogen) atoms. The van der Waals surface area contributed by atoms with Gasteiger partial charge in [-0.1, -0.05) is 37.8 Å². The van der Waals surface area contributed by atoms with Crippen LogP contribution in [0.5, 0.6) is 0 Å². The summed E-state index contributed by atoms with van der Waals surface area (Å²) in [6.45, 7) is 1.24. The van der Waals surface area contributed by atoms with Crippen molar-refractivity contribution in [1.82, 2.24) is 10.3 Å². The van der Waals surface area contributed by atoms with Gasteiger partial charge in [0.1, 0.15) is 0 Å². The van der Waals surface area contributed by atoms with Gasteiger partial charge >= 0.3 is 0 Å². The Hall–Kier alpha value is -2.69. The van der Waals surface area contributed by atoms with Crippen LogP contribution in [-0.2, 0) is 17.8 Å². The van der Waals surface area contributed by atoms with E-state index in [9.17, 15) is 9.59 Å². The number of nitrogens with one attached hydrogen (secondary N) is 1. The minimum atomic E-state index is 0.00844. The summed E-state index contributed by atoms with van der Waals surface area (Å²) in [6.07, 6.45) is 11.0. The highest BCUT2D eigenvalue weighted by Crippen LogP contribution is 2.30. The number of pyridine rings is 1. The molecule has 1 N–H and O–H groups in total. The first kappa shape index (κ1) is 18.7. The van der Waals surface area contributed by atoms with Crippen molar-refractivity contribution in [2.45, 2.75) is 51.5 Å². The van der Waals surface area contributed by atoms with E-state index in [-0.39, 0.29) is 11.8 Å². The number of rotatable bonds is 6. The van der Waals surface area contributed by atoms with Crippen molar-refractivity contribution in [3.05, 3.63) is 59.4 Å². The molecule has 1 aromatic heterocycles. The van der Waals surface area contributed by atoms with Gasteiger partial charge in [-0.15, -0.1) is 0 Å². The van der Waals surface area contributed by atoms with Crippen LogP contribution in [0.3, 0.4) is 0 Å². The zero-order valence-corrected chi connectivity index (χ0v) is 16.2. The van der Waals surface area contributed by atoms with Crippen molar-refractivity contribution in [2.24, 2.45) is 5.92 Å². The van der Waals surface area contributed by atoms with E-state index in [0.29, 0.717) is 25.1 Å². The van der Waals surface area contributed by atoms with Crippen molar-refractivity contribution >= 4 is 17.5 Å². The Morgan fingerprint density at radius 3 is 2.68 bits per heavy atom. The van der Waals surface area contributed by atoms with E-state index in [2.05, 4.69) is 16.4 Å². The predicted octanol–water partition coefficient (Wildman–Crippen LogP) is 3.87. The zero-order valence-electron chi connectivity index (χ0n) is 16.2.